The third-order valence-corrected chi connectivity index (χ3v) is 7.30. The molecule has 12 nitrogen and oxygen atoms in total. The van der Waals surface area contributed by atoms with Crippen LogP contribution >= 0.6 is 0 Å². The number of rotatable bonds is 9. The summed E-state index contributed by atoms with van der Waals surface area (Å²) in [4.78, 5) is 34.6. The fourth-order valence-corrected chi connectivity index (χ4v) is 4.67. The van der Waals surface area contributed by atoms with Crippen LogP contribution in [0, 0.1) is 0 Å². The maximum atomic E-state index is 13.0. The zero-order chi connectivity index (χ0) is 25.8. The van der Waals surface area contributed by atoms with Gasteiger partial charge in [0.25, 0.3) is 0 Å². The summed E-state index contributed by atoms with van der Waals surface area (Å²) < 4.78 is 37.5. The summed E-state index contributed by atoms with van der Waals surface area (Å²) in [5.41, 5.74) is 6.87. The van der Waals surface area contributed by atoms with Gasteiger partial charge in [-0.1, -0.05) is 0 Å². The molecule has 4 rings (SSSR count). The molecular formula is C23H27N7O5S. The van der Waals surface area contributed by atoms with Crippen LogP contribution in [-0.2, 0) is 25.0 Å². The van der Waals surface area contributed by atoms with E-state index >= 15 is 0 Å². The zero-order valence-corrected chi connectivity index (χ0v) is 20.7. The highest BCUT2D eigenvalue weighted by Crippen LogP contribution is 2.44. The number of amides is 1. The first-order valence-electron chi connectivity index (χ1n) is 11.4. The second-order valence-electron chi connectivity index (χ2n) is 8.13. The van der Waals surface area contributed by atoms with E-state index in [1.807, 2.05) is 13.0 Å². The molecule has 0 aromatic carbocycles. The van der Waals surface area contributed by atoms with E-state index in [1.54, 1.807) is 24.5 Å². The van der Waals surface area contributed by atoms with Crippen LogP contribution in [0.1, 0.15) is 37.6 Å². The highest BCUT2D eigenvalue weighted by atomic mass is 32.2. The molecule has 0 aliphatic carbocycles. The number of ether oxygens (including phenoxy) is 2. The number of hydrogen-bond acceptors (Lipinski definition) is 10. The van der Waals surface area contributed by atoms with E-state index < -0.39 is 27.3 Å². The minimum Gasteiger partial charge on any atom is -0.477 e. The van der Waals surface area contributed by atoms with Crippen molar-refractivity contribution in [3.05, 3.63) is 54.4 Å². The summed E-state index contributed by atoms with van der Waals surface area (Å²) in [6.07, 6.45) is 6.42. The Bertz CT molecular complexity index is 1340. The van der Waals surface area contributed by atoms with Gasteiger partial charge >= 0.3 is 0 Å². The van der Waals surface area contributed by atoms with Gasteiger partial charge in [-0.2, -0.15) is 0 Å². The number of nitrogens with one attached hydrogen (secondary N) is 1. The van der Waals surface area contributed by atoms with E-state index in [0.717, 1.165) is 0 Å². The average Bonchev–Trinajstić information content (AvgIpc) is 2.89. The molecule has 36 heavy (non-hydrogen) atoms. The molecule has 0 radical (unpaired) electrons. The average molecular weight is 514 g/mol. The Hall–Kier alpha value is -3.71. The second kappa shape index (κ2) is 10.5. The number of pyridine rings is 1. The van der Waals surface area contributed by atoms with E-state index in [0.29, 0.717) is 35.1 Å². The molecule has 3 N–H and O–H groups in total. The van der Waals surface area contributed by atoms with Crippen LogP contribution < -0.4 is 15.2 Å². The summed E-state index contributed by atoms with van der Waals surface area (Å²) in [6.45, 7) is 4.28. The number of primary amides is 1. The number of sulfonamides is 1. The molecule has 2 unspecified atom stereocenters. The Balaban J connectivity index is 1.71. The third-order valence-electron chi connectivity index (χ3n) is 6.04. The number of carbonyl (C=O) groups excluding carboxylic acids is 1. The van der Waals surface area contributed by atoms with E-state index in [1.165, 1.54) is 19.3 Å². The van der Waals surface area contributed by atoms with Crippen molar-refractivity contribution in [3.8, 4) is 17.1 Å². The third kappa shape index (κ3) is 5.11. The molecule has 2 atom stereocenters. The monoisotopic (exact) mass is 513 g/mol. The maximum Gasteiger partial charge on any atom is 0.236 e. The van der Waals surface area contributed by atoms with Gasteiger partial charge in [-0.05, 0) is 38.5 Å². The van der Waals surface area contributed by atoms with Crippen molar-refractivity contribution < 1.29 is 22.7 Å². The number of carbonyl (C=O) groups is 1. The molecule has 1 fully saturated rings. The van der Waals surface area contributed by atoms with Gasteiger partial charge in [0, 0.05) is 36.2 Å². The predicted octanol–water partition coefficient (Wildman–Crippen LogP) is 1.42. The minimum atomic E-state index is -3.61. The molecule has 0 saturated carbocycles. The zero-order valence-electron chi connectivity index (χ0n) is 19.9. The molecule has 1 amide bonds. The van der Waals surface area contributed by atoms with Crippen LogP contribution in [0.4, 0.5) is 5.95 Å². The molecule has 1 aliphatic rings. The maximum absolute atomic E-state index is 13.0. The van der Waals surface area contributed by atoms with Gasteiger partial charge in [-0.3, -0.25) is 19.5 Å². The lowest BCUT2D eigenvalue weighted by molar-refractivity contribution is -0.128. The van der Waals surface area contributed by atoms with E-state index in [4.69, 9.17) is 15.2 Å². The summed E-state index contributed by atoms with van der Waals surface area (Å²) in [7, 11) is -3.61. The van der Waals surface area contributed by atoms with Gasteiger partial charge < -0.3 is 15.2 Å². The summed E-state index contributed by atoms with van der Waals surface area (Å²) in [6, 6.07) is 5.17. The van der Waals surface area contributed by atoms with Crippen molar-refractivity contribution >= 4 is 21.9 Å². The Labute approximate surface area is 208 Å². The summed E-state index contributed by atoms with van der Waals surface area (Å²) >= 11 is 0. The largest absolute Gasteiger partial charge is 0.477 e. The van der Waals surface area contributed by atoms with Crippen molar-refractivity contribution in [1.29, 1.82) is 0 Å². The minimum absolute atomic E-state index is 0.128. The Kier molecular flexibility index (Phi) is 7.40. The van der Waals surface area contributed by atoms with E-state index in [9.17, 15) is 13.2 Å². The lowest BCUT2D eigenvalue weighted by Crippen LogP contribution is -2.51. The van der Waals surface area contributed by atoms with Gasteiger partial charge in [-0.25, -0.2) is 23.4 Å². The van der Waals surface area contributed by atoms with Crippen molar-refractivity contribution in [2.24, 2.45) is 5.73 Å². The number of nitrogens with zero attached hydrogens (tertiary/aromatic N) is 5. The van der Waals surface area contributed by atoms with Crippen LogP contribution in [0.15, 0.2) is 43.0 Å². The van der Waals surface area contributed by atoms with Crippen molar-refractivity contribution in [1.82, 2.24) is 24.9 Å². The van der Waals surface area contributed by atoms with Gasteiger partial charge in [0.1, 0.15) is 5.41 Å². The lowest BCUT2D eigenvalue weighted by Gasteiger charge is -2.40. The quantitative estimate of drug-likeness (QED) is 0.426. The Morgan fingerprint density at radius 3 is 2.72 bits per heavy atom. The number of aromatic nitrogens is 5. The predicted molar refractivity (Wildman–Crippen MR) is 131 cm³/mol. The smallest absolute Gasteiger partial charge is 0.236 e. The fourth-order valence-electron chi connectivity index (χ4n) is 4.15. The molecule has 1 saturated heterocycles. The van der Waals surface area contributed by atoms with Crippen LogP contribution in [-0.4, -0.2) is 64.8 Å². The molecule has 3 aromatic rings. The van der Waals surface area contributed by atoms with Crippen LogP contribution in [0.3, 0.4) is 0 Å². The molecule has 190 valence electrons. The molecule has 3 aromatic heterocycles. The summed E-state index contributed by atoms with van der Waals surface area (Å²) in [5, 5.41) is 0. The standard InChI is InChI=1S/C23H27N7O5S/c1-3-35-20-13-25-12-18(28-20)15-5-6-17(27-11-15)16-14-34-10-8-23(16,21(24)31)19-7-9-26-22(29-19)30-36(32,33)4-2/h5-7,9,11-13,16H,3-4,8,10,14H2,1-2H3,(H2,24,31)(H,26,29,30). The fraction of sp³-hybridized carbons (Fsp3) is 0.391. The van der Waals surface area contributed by atoms with Crippen LogP contribution in [0.2, 0.25) is 0 Å². The van der Waals surface area contributed by atoms with Gasteiger partial charge in [-0.15, -0.1) is 0 Å². The lowest BCUT2D eigenvalue weighted by atomic mass is 9.67. The van der Waals surface area contributed by atoms with Crippen LogP contribution in [0.5, 0.6) is 5.88 Å². The first kappa shape index (κ1) is 25.4. The Morgan fingerprint density at radius 1 is 1.19 bits per heavy atom. The van der Waals surface area contributed by atoms with Crippen LogP contribution in [0.25, 0.3) is 11.3 Å². The Morgan fingerprint density at radius 2 is 2.03 bits per heavy atom. The molecule has 1 aliphatic heterocycles. The van der Waals surface area contributed by atoms with Gasteiger partial charge in [0.15, 0.2) is 0 Å². The molecule has 4 heterocycles. The van der Waals surface area contributed by atoms with E-state index in [-0.39, 0.29) is 31.3 Å². The van der Waals surface area contributed by atoms with Gasteiger partial charge in [0.2, 0.25) is 27.8 Å². The molecule has 0 bridgehead atoms. The number of nitrogens with two attached hydrogens (primary N) is 1. The first-order chi connectivity index (χ1) is 17.3. The highest BCUT2D eigenvalue weighted by Gasteiger charge is 2.50. The second-order valence-corrected chi connectivity index (χ2v) is 10.1. The van der Waals surface area contributed by atoms with Crippen molar-refractivity contribution in [2.75, 3.05) is 30.3 Å². The first-order valence-corrected chi connectivity index (χ1v) is 13.1. The van der Waals surface area contributed by atoms with Crippen molar-refractivity contribution in [3.63, 3.8) is 0 Å². The number of anilines is 1. The topological polar surface area (TPSA) is 172 Å². The highest BCUT2D eigenvalue weighted by molar-refractivity contribution is 7.92. The number of hydrogen-bond donors (Lipinski definition) is 2. The molecule has 13 heteroatoms. The van der Waals surface area contributed by atoms with E-state index in [2.05, 4.69) is 29.6 Å². The molecule has 0 spiro atoms. The SMILES string of the molecule is CCOc1cncc(-c2ccc(C3COCCC3(C(N)=O)c3ccnc(NS(=O)(=O)CC)n3)nc2)n1. The molecular weight excluding hydrogens is 486 g/mol. The summed E-state index contributed by atoms with van der Waals surface area (Å²) in [5.74, 6) is -1.04. The van der Waals surface area contributed by atoms with Crippen molar-refractivity contribution in [2.45, 2.75) is 31.6 Å². The normalized spacial score (nSPS) is 20.0. The van der Waals surface area contributed by atoms with Gasteiger partial charge in [0.05, 0.1) is 42.7 Å².